The van der Waals surface area contributed by atoms with Crippen molar-refractivity contribution in [3.05, 3.63) is 28.8 Å². The summed E-state index contributed by atoms with van der Waals surface area (Å²) >= 11 is 0. The van der Waals surface area contributed by atoms with E-state index in [9.17, 15) is 0 Å². The first-order valence-electron chi connectivity index (χ1n) is 8.08. The maximum Gasteiger partial charge on any atom is 0.128 e. The largest absolute Gasteiger partial charge is 0.491 e. The Bertz CT molecular complexity index is 518. The zero-order valence-corrected chi connectivity index (χ0v) is 14.9. The van der Waals surface area contributed by atoms with Crippen LogP contribution in [0.1, 0.15) is 78.1 Å². The van der Waals surface area contributed by atoms with Crippen LogP contribution in [0.4, 0.5) is 0 Å². The lowest BCUT2D eigenvalue weighted by Gasteiger charge is -2.27. The van der Waals surface area contributed by atoms with E-state index in [0.717, 1.165) is 12.4 Å². The van der Waals surface area contributed by atoms with Gasteiger partial charge in [0.15, 0.2) is 0 Å². The predicted octanol–water partition coefficient (Wildman–Crippen LogP) is 4.71. The first-order valence-corrected chi connectivity index (χ1v) is 8.08. The van der Waals surface area contributed by atoms with Gasteiger partial charge < -0.3 is 10.1 Å². The van der Waals surface area contributed by atoms with Crippen LogP contribution in [-0.4, -0.2) is 12.6 Å². The molecule has 0 bridgehead atoms. The monoisotopic (exact) mass is 289 g/mol. The van der Waals surface area contributed by atoms with Crippen molar-refractivity contribution >= 4 is 0 Å². The molecule has 1 unspecified atom stereocenters. The molecule has 118 valence electrons. The van der Waals surface area contributed by atoms with Crippen molar-refractivity contribution in [1.29, 1.82) is 0 Å². The van der Waals surface area contributed by atoms with Crippen molar-refractivity contribution in [3.63, 3.8) is 0 Å². The molecule has 2 nitrogen and oxygen atoms in total. The second-order valence-corrected chi connectivity index (χ2v) is 8.63. The number of hydrogen-bond acceptors (Lipinski definition) is 2. The van der Waals surface area contributed by atoms with E-state index >= 15 is 0 Å². The van der Waals surface area contributed by atoms with Gasteiger partial charge in [0.25, 0.3) is 0 Å². The SMILES string of the molecule is CC(C)NC1COc2c1cc(C(C)(C)C)cc2C(C)(C)C. The van der Waals surface area contributed by atoms with Crippen LogP contribution in [0.3, 0.4) is 0 Å². The summed E-state index contributed by atoms with van der Waals surface area (Å²) in [6, 6.07) is 5.46. The van der Waals surface area contributed by atoms with Crippen LogP contribution in [0, 0.1) is 0 Å². The predicted molar refractivity (Wildman–Crippen MR) is 90.3 cm³/mol. The van der Waals surface area contributed by atoms with Crippen molar-refractivity contribution in [3.8, 4) is 5.75 Å². The number of benzene rings is 1. The lowest BCUT2D eigenvalue weighted by molar-refractivity contribution is 0.298. The minimum atomic E-state index is 0.0953. The number of ether oxygens (including phenoxy) is 1. The van der Waals surface area contributed by atoms with Crippen LogP contribution in [-0.2, 0) is 10.8 Å². The maximum atomic E-state index is 6.07. The molecule has 0 aliphatic carbocycles. The zero-order chi connectivity index (χ0) is 16.0. The van der Waals surface area contributed by atoms with E-state index in [1.54, 1.807) is 0 Å². The van der Waals surface area contributed by atoms with Gasteiger partial charge in [-0.3, -0.25) is 0 Å². The Morgan fingerprint density at radius 2 is 1.67 bits per heavy atom. The molecule has 1 aromatic rings. The smallest absolute Gasteiger partial charge is 0.128 e. The molecule has 1 N–H and O–H groups in total. The second-order valence-electron chi connectivity index (χ2n) is 8.63. The normalized spacial score (nSPS) is 18.8. The fraction of sp³-hybridized carbons (Fsp3) is 0.684. The average Bonchev–Trinajstić information content (AvgIpc) is 2.68. The highest BCUT2D eigenvalue weighted by Gasteiger charge is 2.33. The van der Waals surface area contributed by atoms with Crippen LogP contribution >= 0.6 is 0 Å². The van der Waals surface area contributed by atoms with Crippen LogP contribution in [0.25, 0.3) is 0 Å². The molecular weight excluding hydrogens is 258 g/mol. The Morgan fingerprint density at radius 1 is 1.05 bits per heavy atom. The lowest BCUT2D eigenvalue weighted by Crippen LogP contribution is -2.29. The van der Waals surface area contributed by atoms with Crippen LogP contribution in [0.15, 0.2) is 12.1 Å². The summed E-state index contributed by atoms with van der Waals surface area (Å²) in [6.07, 6.45) is 0. The molecule has 2 heteroatoms. The van der Waals surface area contributed by atoms with Crippen molar-refractivity contribution < 1.29 is 4.74 Å². The second kappa shape index (κ2) is 5.31. The maximum absolute atomic E-state index is 6.07. The quantitative estimate of drug-likeness (QED) is 0.851. The standard InChI is InChI=1S/C19H31NO/c1-12(2)20-16-11-21-17-14(16)9-13(18(3,4)5)10-15(17)19(6,7)8/h9-10,12,16,20H,11H2,1-8H3. The van der Waals surface area contributed by atoms with Gasteiger partial charge in [-0.1, -0.05) is 61.5 Å². The summed E-state index contributed by atoms with van der Waals surface area (Å²) in [6.45, 7) is 18.8. The van der Waals surface area contributed by atoms with Gasteiger partial charge in [-0.2, -0.15) is 0 Å². The molecule has 1 aliphatic heterocycles. The molecule has 1 aromatic carbocycles. The molecule has 0 fully saturated rings. The molecule has 21 heavy (non-hydrogen) atoms. The van der Waals surface area contributed by atoms with Crippen molar-refractivity contribution in [1.82, 2.24) is 5.32 Å². The highest BCUT2D eigenvalue weighted by Crippen LogP contribution is 2.43. The van der Waals surface area contributed by atoms with Crippen LogP contribution in [0.2, 0.25) is 0 Å². The summed E-state index contributed by atoms with van der Waals surface area (Å²) in [5.41, 5.74) is 4.31. The third-order valence-electron chi connectivity index (χ3n) is 4.10. The third-order valence-corrected chi connectivity index (χ3v) is 4.10. The number of rotatable bonds is 2. The summed E-state index contributed by atoms with van der Waals surface area (Å²) in [5.74, 6) is 1.11. The highest BCUT2D eigenvalue weighted by molar-refractivity contribution is 5.52. The van der Waals surface area contributed by atoms with E-state index in [1.807, 2.05) is 0 Å². The molecular formula is C19H31NO. The zero-order valence-electron chi connectivity index (χ0n) is 14.9. The number of nitrogens with one attached hydrogen (secondary N) is 1. The third kappa shape index (κ3) is 3.42. The summed E-state index contributed by atoms with van der Waals surface area (Å²) in [5, 5.41) is 3.63. The molecule has 0 aromatic heterocycles. The average molecular weight is 289 g/mol. The molecule has 0 radical (unpaired) electrons. The fourth-order valence-corrected chi connectivity index (χ4v) is 2.86. The Labute approximate surface area is 130 Å². The molecule has 2 rings (SSSR count). The summed E-state index contributed by atoms with van der Waals surface area (Å²) in [7, 11) is 0. The van der Waals surface area contributed by atoms with Gasteiger partial charge in [0.2, 0.25) is 0 Å². The number of hydrogen-bond donors (Lipinski definition) is 1. The topological polar surface area (TPSA) is 21.3 Å². The van der Waals surface area contributed by atoms with Crippen molar-refractivity contribution in [2.24, 2.45) is 0 Å². The minimum absolute atomic E-state index is 0.0953. The van der Waals surface area contributed by atoms with Crippen LogP contribution < -0.4 is 10.1 Å². The van der Waals surface area contributed by atoms with E-state index in [4.69, 9.17) is 4.74 Å². The molecule has 0 saturated heterocycles. The van der Waals surface area contributed by atoms with Gasteiger partial charge in [0.1, 0.15) is 12.4 Å². The van der Waals surface area contributed by atoms with Gasteiger partial charge >= 0.3 is 0 Å². The molecule has 0 saturated carbocycles. The summed E-state index contributed by atoms with van der Waals surface area (Å²) in [4.78, 5) is 0. The van der Waals surface area contributed by atoms with E-state index in [1.165, 1.54) is 16.7 Å². The Kier molecular flexibility index (Phi) is 4.14. The van der Waals surface area contributed by atoms with Gasteiger partial charge in [0, 0.05) is 17.2 Å². The van der Waals surface area contributed by atoms with Crippen molar-refractivity contribution in [2.45, 2.75) is 78.3 Å². The Morgan fingerprint density at radius 3 is 2.14 bits per heavy atom. The van der Waals surface area contributed by atoms with Gasteiger partial charge in [-0.05, 0) is 22.5 Å². The molecule has 0 amide bonds. The Balaban J connectivity index is 2.57. The van der Waals surface area contributed by atoms with Gasteiger partial charge in [-0.25, -0.2) is 0 Å². The fourth-order valence-electron chi connectivity index (χ4n) is 2.86. The van der Waals surface area contributed by atoms with E-state index in [0.29, 0.717) is 12.1 Å². The minimum Gasteiger partial charge on any atom is -0.491 e. The van der Waals surface area contributed by atoms with Crippen molar-refractivity contribution in [2.75, 3.05) is 6.61 Å². The van der Waals surface area contributed by atoms with E-state index in [2.05, 4.69) is 72.8 Å². The molecule has 1 aliphatic rings. The molecule has 0 spiro atoms. The van der Waals surface area contributed by atoms with Gasteiger partial charge in [-0.15, -0.1) is 0 Å². The van der Waals surface area contributed by atoms with Gasteiger partial charge in [0.05, 0.1) is 6.04 Å². The number of fused-ring (bicyclic) bond motifs is 1. The molecule has 1 atom stereocenters. The first-order chi connectivity index (χ1) is 9.50. The lowest BCUT2D eigenvalue weighted by atomic mass is 9.78. The Hall–Kier alpha value is -1.02. The van der Waals surface area contributed by atoms with Crippen LogP contribution in [0.5, 0.6) is 5.75 Å². The summed E-state index contributed by atoms with van der Waals surface area (Å²) < 4.78 is 6.07. The highest BCUT2D eigenvalue weighted by atomic mass is 16.5. The van der Waals surface area contributed by atoms with E-state index in [-0.39, 0.29) is 10.8 Å². The van der Waals surface area contributed by atoms with E-state index < -0.39 is 0 Å². The first kappa shape index (κ1) is 16.4. The molecule has 1 heterocycles.